The molecule has 0 saturated heterocycles. The zero-order valence-corrected chi connectivity index (χ0v) is 21.2. The van der Waals surface area contributed by atoms with Gasteiger partial charge in [0.05, 0.1) is 6.61 Å². The monoisotopic (exact) mass is 510 g/mol. The third kappa shape index (κ3) is 10.4. The van der Waals surface area contributed by atoms with Crippen molar-refractivity contribution >= 4 is 17.9 Å². The Morgan fingerprint density at radius 3 is 1.63 bits per heavy atom. The first kappa shape index (κ1) is 33.2. The number of carbonyl (C=O) groups is 3. The average molecular weight is 511 g/mol. The second kappa shape index (κ2) is 16.0. The van der Waals surface area contributed by atoms with Crippen LogP contribution in [-0.2, 0) is 28.6 Å². The van der Waals surface area contributed by atoms with E-state index in [1.54, 1.807) is 41.5 Å². The van der Waals surface area contributed by atoms with E-state index in [-0.39, 0.29) is 0 Å². The van der Waals surface area contributed by atoms with E-state index in [2.05, 4.69) is 0 Å². The van der Waals surface area contributed by atoms with E-state index in [1.165, 1.54) is 0 Å². The highest BCUT2D eigenvalue weighted by Gasteiger charge is 2.38. The first-order chi connectivity index (χ1) is 16.2. The number of carbonyl (C=O) groups excluding carboxylic acids is 3. The fourth-order valence-electron chi connectivity index (χ4n) is 2.82. The molecule has 0 heterocycles. The van der Waals surface area contributed by atoms with E-state index >= 15 is 0 Å². The largest absolute Gasteiger partial charge is 0.460 e. The number of rotatable bonds is 16. The molecule has 0 aliphatic heterocycles. The molecule has 206 valence electrons. The van der Waals surface area contributed by atoms with Crippen LogP contribution in [0.25, 0.3) is 0 Å². The van der Waals surface area contributed by atoms with Gasteiger partial charge >= 0.3 is 17.9 Å². The highest BCUT2D eigenvalue weighted by atomic mass is 16.6. The Morgan fingerprint density at radius 1 is 0.686 bits per heavy atom. The second-order valence-corrected chi connectivity index (χ2v) is 9.10. The molecule has 0 aromatic carbocycles. The lowest BCUT2D eigenvalue weighted by Crippen LogP contribution is -2.48. The van der Waals surface area contributed by atoms with Gasteiger partial charge in [-0.1, -0.05) is 48.0 Å². The molecule has 0 fully saturated rings. The molecule has 12 nitrogen and oxygen atoms in total. The summed E-state index contributed by atoms with van der Waals surface area (Å²) < 4.78 is 15.4. The van der Waals surface area contributed by atoms with Gasteiger partial charge in [-0.15, -0.1) is 0 Å². The van der Waals surface area contributed by atoms with Crippen LogP contribution in [0.5, 0.6) is 0 Å². The normalized spacial score (nSPS) is 19.5. The fraction of sp³-hybridized carbons (Fsp3) is 0.870. The van der Waals surface area contributed by atoms with Crippen LogP contribution in [0.4, 0.5) is 0 Å². The molecular weight excluding hydrogens is 468 g/mol. The van der Waals surface area contributed by atoms with Gasteiger partial charge in [0.1, 0.15) is 31.0 Å². The first-order valence-corrected chi connectivity index (χ1v) is 11.8. The standard InChI is InChI=1S/C23H42O12/c1-7-12(5)16(27)21(30)34-19(11(3)4)23(32)35-20(13(6)8-2)22(31)33-10-15(26)18(29)17(28)14(25)9-24/h11-20,24-29H,7-10H2,1-6H3. The van der Waals surface area contributed by atoms with Crippen LogP contribution in [-0.4, -0.2) is 104 Å². The molecule has 0 amide bonds. The summed E-state index contributed by atoms with van der Waals surface area (Å²) in [5.74, 6) is -4.53. The Morgan fingerprint density at radius 2 is 1.17 bits per heavy atom. The number of ether oxygens (including phenoxy) is 3. The van der Waals surface area contributed by atoms with Crippen molar-refractivity contribution in [1.29, 1.82) is 0 Å². The molecule has 9 unspecified atom stereocenters. The number of hydrogen-bond acceptors (Lipinski definition) is 12. The summed E-state index contributed by atoms with van der Waals surface area (Å²) in [6, 6.07) is 0. The highest BCUT2D eigenvalue weighted by molar-refractivity contribution is 5.84. The topological polar surface area (TPSA) is 200 Å². The van der Waals surface area contributed by atoms with Crippen molar-refractivity contribution in [2.24, 2.45) is 17.8 Å². The fourth-order valence-corrected chi connectivity index (χ4v) is 2.82. The molecule has 0 saturated carbocycles. The molecule has 35 heavy (non-hydrogen) atoms. The van der Waals surface area contributed by atoms with Crippen LogP contribution in [0.1, 0.15) is 54.4 Å². The van der Waals surface area contributed by atoms with E-state index in [1.807, 2.05) is 0 Å². The molecule has 0 rings (SSSR count). The summed E-state index contributed by atoms with van der Waals surface area (Å²) in [7, 11) is 0. The van der Waals surface area contributed by atoms with Crippen LogP contribution < -0.4 is 0 Å². The molecule has 0 aromatic heterocycles. The number of aliphatic hydroxyl groups excluding tert-OH is 6. The third-order valence-corrected chi connectivity index (χ3v) is 5.86. The molecule has 9 atom stereocenters. The van der Waals surface area contributed by atoms with Crippen LogP contribution in [0.3, 0.4) is 0 Å². The molecule has 0 radical (unpaired) electrons. The third-order valence-electron chi connectivity index (χ3n) is 5.86. The van der Waals surface area contributed by atoms with Crippen LogP contribution >= 0.6 is 0 Å². The quantitative estimate of drug-likeness (QED) is 0.108. The summed E-state index contributed by atoms with van der Waals surface area (Å²) in [4.78, 5) is 37.7. The van der Waals surface area contributed by atoms with E-state index in [0.29, 0.717) is 12.8 Å². The molecule has 6 N–H and O–H groups in total. The minimum absolute atomic E-state index is 0.387. The van der Waals surface area contributed by atoms with Gasteiger partial charge in [-0.3, -0.25) is 0 Å². The molecule has 0 aliphatic rings. The molecule has 0 spiro atoms. The van der Waals surface area contributed by atoms with Gasteiger partial charge in [0.15, 0.2) is 6.10 Å². The van der Waals surface area contributed by atoms with Crippen molar-refractivity contribution in [2.75, 3.05) is 13.2 Å². The number of hydrogen-bond donors (Lipinski definition) is 6. The van der Waals surface area contributed by atoms with Crippen molar-refractivity contribution in [3.8, 4) is 0 Å². The van der Waals surface area contributed by atoms with Gasteiger partial charge in [0, 0.05) is 11.8 Å². The first-order valence-electron chi connectivity index (χ1n) is 11.8. The Bertz CT molecular complexity index is 654. The maximum Gasteiger partial charge on any atom is 0.348 e. The lowest BCUT2D eigenvalue weighted by atomic mass is 10.0. The minimum atomic E-state index is -1.93. The van der Waals surface area contributed by atoms with Crippen LogP contribution in [0.15, 0.2) is 0 Å². The van der Waals surface area contributed by atoms with Crippen molar-refractivity contribution in [2.45, 2.75) is 97.1 Å². The average Bonchev–Trinajstić information content (AvgIpc) is 2.84. The van der Waals surface area contributed by atoms with E-state index in [4.69, 9.17) is 19.3 Å². The van der Waals surface area contributed by atoms with Gasteiger partial charge in [0.25, 0.3) is 0 Å². The van der Waals surface area contributed by atoms with Gasteiger partial charge in [-0.2, -0.15) is 0 Å². The van der Waals surface area contributed by atoms with Gasteiger partial charge in [-0.05, 0) is 12.3 Å². The minimum Gasteiger partial charge on any atom is -0.460 e. The highest BCUT2D eigenvalue weighted by Crippen LogP contribution is 2.19. The maximum atomic E-state index is 12.8. The van der Waals surface area contributed by atoms with Crippen molar-refractivity contribution in [3.05, 3.63) is 0 Å². The summed E-state index contributed by atoms with van der Waals surface area (Å²) >= 11 is 0. The Kier molecular flexibility index (Phi) is 15.2. The Balaban J connectivity index is 5.34. The molecule has 12 heteroatoms. The second-order valence-electron chi connectivity index (χ2n) is 9.10. The van der Waals surface area contributed by atoms with E-state index in [0.717, 1.165) is 0 Å². The molecular formula is C23H42O12. The lowest BCUT2D eigenvalue weighted by Gasteiger charge is -2.28. The van der Waals surface area contributed by atoms with Crippen LogP contribution in [0.2, 0.25) is 0 Å². The molecule has 0 bridgehead atoms. The number of esters is 3. The van der Waals surface area contributed by atoms with E-state index in [9.17, 15) is 39.9 Å². The Labute approximate surface area is 205 Å². The SMILES string of the molecule is CCC(C)C(O)C(=O)OC(C(=O)OC(C(=O)OCC(O)C(O)C(O)C(O)CO)C(C)CC)C(C)C. The molecule has 0 aliphatic carbocycles. The van der Waals surface area contributed by atoms with Crippen LogP contribution in [0, 0.1) is 17.8 Å². The summed E-state index contributed by atoms with van der Waals surface area (Å²) in [6.45, 7) is 8.28. The molecule has 0 aromatic rings. The zero-order chi connectivity index (χ0) is 27.5. The predicted molar refractivity (Wildman–Crippen MR) is 122 cm³/mol. The van der Waals surface area contributed by atoms with Crippen molar-refractivity contribution < 1.29 is 59.2 Å². The van der Waals surface area contributed by atoms with Gasteiger partial charge in [-0.25, -0.2) is 14.4 Å². The predicted octanol–water partition coefficient (Wildman–Crippen LogP) is -1.10. The van der Waals surface area contributed by atoms with E-state index < -0.39 is 91.6 Å². The summed E-state index contributed by atoms with van der Waals surface area (Å²) in [5.41, 5.74) is 0. The van der Waals surface area contributed by atoms with Crippen molar-refractivity contribution in [3.63, 3.8) is 0 Å². The Hall–Kier alpha value is -1.83. The smallest absolute Gasteiger partial charge is 0.348 e. The van der Waals surface area contributed by atoms with Gasteiger partial charge in [0.2, 0.25) is 12.2 Å². The summed E-state index contributed by atoms with van der Waals surface area (Å²) in [6.07, 6.45) is -10.7. The van der Waals surface area contributed by atoms with Crippen molar-refractivity contribution in [1.82, 2.24) is 0 Å². The lowest BCUT2D eigenvalue weighted by molar-refractivity contribution is -0.189. The summed E-state index contributed by atoms with van der Waals surface area (Å²) in [5, 5.41) is 57.7. The zero-order valence-electron chi connectivity index (χ0n) is 21.2. The van der Waals surface area contributed by atoms with Gasteiger partial charge < -0.3 is 44.8 Å². The number of aliphatic hydroxyl groups is 6. The maximum absolute atomic E-state index is 12.8.